The highest BCUT2D eigenvalue weighted by Gasteiger charge is 2.48. The quantitative estimate of drug-likeness (QED) is 0.0784. The van der Waals surface area contributed by atoms with Crippen molar-refractivity contribution in [3.63, 3.8) is 0 Å². The number of aliphatic hydroxyl groups excluding tert-OH is 1. The number of hydrogen-bond donors (Lipinski definition) is 2. The summed E-state index contributed by atoms with van der Waals surface area (Å²) in [5.74, 6) is -1.18. The molecule has 1 heterocycles. The van der Waals surface area contributed by atoms with Crippen molar-refractivity contribution in [3.05, 3.63) is 162 Å². The summed E-state index contributed by atoms with van der Waals surface area (Å²) >= 11 is 0. The fourth-order valence-electron chi connectivity index (χ4n) is 7.47. The highest BCUT2D eigenvalue weighted by molar-refractivity contribution is 6.01. The van der Waals surface area contributed by atoms with Crippen LogP contribution in [0.4, 0.5) is 5.69 Å². The van der Waals surface area contributed by atoms with E-state index in [-0.39, 0.29) is 38.2 Å². The molecule has 11 heteroatoms. The van der Waals surface area contributed by atoms with Crippen molar-refractivity contribution in [1.29, 1.82) is 0 Å². The van der Waals surface area contributed by atoms with Crippen LogP contribution in [0.5, 0.6) is 11.5 Å². The molecule has 6 aromatic rings. The van der Waals surface area contributed by atoms with E-state index >= 15 is 0 Å². The summed E-state index contributed by atoms with van der Waals surface area (Å²) in [5.41, 5.74) is 3.93. The molecule has 2 amide bonds. The van der Waals surface area contributed by atoms with Crippen molar-refractivity contribution in [2.45, 2.75) is 44.4 Å². The lowest BCUT2D eigenvalue weighted by molar-refractivity contribution is -0.144. The van der Waals surface area contributed by atoms with Gasteiger partial charge >= 0.3 is 11.9 Å². The zero-order chi connectivity index (χ0) is 42.0. The van der Waals surface area contributed by atoms with Gasteiger partial charge in [-0.1, -0.05) is 84.9 Å². The van der Waals surface area contributed by atoms with Crippen LogP contribution in [0.15, 0.2) is 140 Å². The van der Waals surface area contributed by atoms with E-state index in [1.165, 1.54) is 4.90 Å². The van der Waals surface area contributed by atoms with E-state index in [9.17, 15) is 24.3 Å². The number of rotatable bonds is 15. The number of carbonyl (C=O) groups is 4. The van der Waals surface area contributed by atoms with Crippen LogP contribution in [0.25, 0.3) is 21.9 Å². The van der Waals surface area contributed by atoms with Crippen LogP contribution in [0, 0.1) is 0 Å². The molecule has 306 valence electrons. The van der Waals surface area contributed by atoms with Crippen molar-refractivity contribution in [2.75, 3.05) is 31.8 Å². The van der Waals surface area contributed by atoms with Crippen LogP contribution in [0.2, 0.25) is 0 Å². The van der Waals surface area contributed by atoms with Gasteiger partial charge in [0, 0.05) is 29.8 Å². The van der Waals surface area contributed by atoms with Crippen LogP contribution in [0.1, 0.15) is 57.7 Å². The molecule has 7 rings (SSSR count). The predicted molar refractivity (Wildman–Crippen MR) is 228 cm³/mol. The second-order valence-electron chi connectivity index (χ2n) is 14.3. The second-order valence-corrected chi connectivity index (χ2v) is 14.3. The average molecular weight is 807 g/mol. The first-order valence-electron chi connectivity index (χ1n) is 19.9. The Kier molecular flexibility index (Phi) is 13.2. The van der Waals surface area contributed by atoms with Gasteiger partial charge in [0.05, 0.1) is 50.8 Å². The Hall–Kier alpha value is -6.98. The van der Waals surface area contributed by atoms with Gasteiger partial charge in [0.15, 0.2) is 0 Å². The lowest BCUT2D eigenvalue weighted by atomic mass is 9.85. The number of ether oxygens (including phenoxy) is 4. The number of nitrogens with one attached hydrogen (secondary N) is 1. The molecule has 3 atom stereocenters. The van der Waals surface area contributed by atoms with Gasteiger partial charge in [-0.25, -0.2) is 4.79 Å². The van der Waals surface area contributed by atoms with Gasteiger partial charge in [-0.2, -0.15) is 0 Å². The topological polar surface area (TPSA) is 141 Å². The fraction of sp³-hybridized carbons (Fsp3) is 0.224. The van der Waals surface area contributed by atoms with Gasteiger partial charge in [0.1, 0.15) is 17.6 Å². The Morgan fingerprint density at radius 2 is 1.42 bits per heavy atom. The predicted octanol–water partition coefficient (Wildman–Crippen LogP) is 7.88. The summed E-state index contributed by atoms with van der Waals surface area (Å²) in [6, 6.07) is 39.6. The summed E-state index contributed by atoms with van der Waals surface area (Å²) in [6.07, 6.45) is -1.37. The van der Waals surface area contributed by atoms with Crippen molar-refractivity contribution in [1.82, 2.24) is 5.32 Å². The molecule has 0 fully saturated rings. The summed E-state index contributed by atoms with van der Waals surface area (Å²) in [6.45, 7) is 1.88. The smallest absolute Gasteiger partial charge is 0.338 e. The molecular weight excluding hydrogens is 761 g/mol. The Bertz CT molecular complexity index is 2450. The third-order valence-electron chi connectivity index (χ3n) is 10.4. The molecule has 0 saturated heterocycles. The van der Waals surface area contributed by atoms with E-state index in [1.807, 2.05) is 72.8 Å². The van der Waals surface area contributed by atoms with Crippen molar-refractivity contribution < 1.29 is 43.2 Å². The summed E-state index contributed by atoms with van der Waals surface area (Å²) in [4.78, 5) is 58.5. The number of aliphatic hydroxyl groups is 1. The maximum atomic E-state index is 14.7. The fourth-order valence-corrected chi connectivity index (χ4v) is 7.47. The summed E-state index contributed by atoms with van der Waals surface area (Å²) < 4.78 is 23.2. The van der Waals surface area contributed by atoms with Crippen LogP contribution < -0.4 is 19.7 Å². The average Bonchev–Trinajstić information content (AvgIpc) is 3.28. The lowest BCUT2D eigenvalue weighted by Gasteiger charge is -2.45. The standard InChI is InChI=1S/C49H46N2O9/c1-3-58-45(54)31-43-47(60-49(56)36-19-16-35(17-20-36)33-10-5-4-6-11-33)46(50-48(55)38-21-18-34-12-7-8-13-37(34)29-38)41-30-40(59-27-9-26-52)24-25-42(41)51(43)44(53)28-32-14-22-39(57-2)23-15-32/h4-8,10-25,29-30,43,46-47,52H,3,9,26-28,31H2,1-2H3,(H,50,55)/t43-,46-,47-/m0/s1. The normalized spacial score (nSPS) is 15.7. The van der Waals surface area contributed by atoms with Crippen molar-refractivity contribution >= 4 is 40.2 Å². The Balaban J connectivity index is 1.34. The zero-order valence-corrected chi connectivity index (χ0v) is 33.4. The molecule has 0 saturated carbocycles. The molecule has 6 aromatic carbocycles. The lowest BCUT2D eigenvalue weighted by Crippen LogP contribution is -2.58. The van der Waals surface area contributed by atoms with Gasteiger partial charge in [-0.05, 0) is 89.0 Å². The van der Waals surface area contributed by atoms with Crippen LogP contribution in [0.3, 0.4) is 0 Å². The monoisotopic (exact) mass is 806 g/mol. The van der Waals surface area contributed by atoms with Crippen LogP contribution in [-0.4, -0.2) is 67.9 Å². The Morgan fingerprint density at radius 3 is 2.13 bits per heavy atom. The molecule has 1 aliphatic rings. The third kappa shape index (κ3) is 9.48. The summed E-state index contributed by atoms with van der Waals surface area (Å²) in [7, 11) is 1.56. The highest BCUT2D eigenvalue weighted by Crippen LogP contribution is 2.43. The van der Waals surface area contributed by atoms with Gasteiger partial charge in [0.2, 0.25) is 5.91 Å². The van der Waals surface area contributed by atoms with E-state index in [0.717, 1.165) is 21.9 Å². The van der Waals surface area contributed by atoms with Crippen molar-refractivity contribution in [2.24, 2.45) is 0 Å². The molecule has 2 N–H and O–H groups in total. The number of hydrogen-bond acceptors (Lipinski definition) is 9. The number of fused-ring (bicyclic) bond motifs is 2. The van der Waals surface area contributed by atoms with E-state index in [0.29, 0.717) is 40.3 Å². The number of methoxy groups -OCH3 is 1. The SMILES string of the molecule is CCOC(=O)C[C@H]1[C@H](OC(=O)c2ccc(-c3ccccc3)cc2)[C@@H](NC(=O)c2ccc3ccccc3c2)c2cc(OCCCO)ccc2N1C(=O)Cc1ccc(OC)cc1. The molecule has 1 aliphatic heterocycles. The van der Waals surface area contributed by atoms with E-state index in [2.05, 4.69) is 5.32 Å². The molecule has 0 radical (unpaired) electrons. The maximum Gasteiger partial charge on any atom is 0.338 e. The molecule has 0 spiro atoms. The van der Waals surface area contributed by atoms with Crippen LogP contribution in [-0.2, 0) is 25.5 Å². The number of carbonyl (C=O) groups excluding carboxylic acids is 4. The van der Waals surface area contributed by atoms with Gasteiger partial charge in [-0.3, -0.25) is 14.4 Å². The molecule has 11 nitrogen and oxygen atoms in total. The first-order chi connectivity index (χ1) is 29.3. The maximum absolute atomic E-state index is 14.7. The number of nitrogens with zero attached hydrogens (tertiary/aromatic N) is 1. The van der Waals surface area contributed by atoms with Crippen molar-refractivity contribution in [3.8, 4) is 22.6 Å². The second kappa shape index (κ2) is 19.2. The molecular formula is C49H46N2O9. The minimum absolute atomic E-state index is 0.0761. The number of anilines is 1. The van der Waals surface area contributed by atoms with E-state index in [1.54, 1.807) is 80.8 Å². The Morgan fingerprint density at radius 1 is 0.733 bits per heavy atom. The van der Waals surface area contributed by atoms with E-state index in [4.69, 9.17) is 18.9 Å². The summed E-state index contributed by atoms with van der Waals surface area (Å²) in [5, 5.41) is 14.4. The van der Waals surface area contributed by atoms with Crippen LogP contribution >= 0.6 is 0 Å². The number of amides is 2. The van der Waals surface area contributed by atoms with Gasteiger partial charge in [0.25, 0.3) is 5.91 Å². The number of benzene rings is 6. The first-order valence-corrected chi connectivity index (χ1v) is 19.9. The van der Waals surface area contributed by atoms with E-state index < -0.39 is 41.9 Å². The van der Waals surface area contributed by atoms with Gasteiger partial charge < -0.3 is 34.3 Å². The minimum atomic E-state index is -1.31. The van der Waals surface area contributed by atoms with Gasteiger partial charge in [-0.15, -0.1) is 0 Å². The first kappa shape index (κ1) is 41.2. The largest absolute Gasteiger partial charge is 0.497 e. The zero-order valence-electron chi connectivity index (χ0n) is 33.4. The molecule has 0 aliphatic carbocycles. The molecule has 0 bridgehead atoms. The molecule has 60 heavy (non-hydrogen) atoms. The Labute approximate surface area is 348 Å². The highest BCUT2D eigenvalue weighted by atomic mass is 16.5. The molecule has 0 unspecified atom stereocenters. The minimum Gasteiger partial charge on any atom is -0.497 e. The molecule has 0 aromatic heterocycles. The third-order valence-corrected chi connectivity index (χ3v) is 10.4. The number of esters is 2.